The highest BCUT2D eigenvalue weighted by Crippen LogP contribution is 2.14. The van der Waals surface area contributed by atoms with Crippen LogP contribution in [0.4, 0.5) is 0 Å². The number of hydrogen-bond donors (Lipinski definition) is 2. The number of benzene rings is 1. The molecule has 0 radical (unpaired) electrons. The second kappa shape index (κ2) is 7.04. The maximum Gasteiger partial charge on any atom is 0.0233 e. The van der Waals surface area contributed by atoms with Crippen LogP contribution in [0.15, 0.2) is 30.3 Å². The number of nitrogens with two attached hydrogens (primary N) is 1. The van der Waals surface area contributed by atoms with Gasteiger partial charge in [-0.05, 0) is 45.3 Å². The number of rotatable bonds is 5. The summed E-state index contributed by atoms with van der Waals surface area (Å²) in [7, 11) is 0. The molecule has 19 heavy (non-hydrogen) atoms. The third-order valence-corrected chi connectivity index (χ3v) is 4.12. The third kappa shape index (κ3) is 4.60. The maximum atomic E-state index is 5.91. The van der Waals surface area contributed by atoms with E-state index in [1.165, 1.54) is 31.5 Å². The number of likely N-dealkylation sites (tertiary alicyclic amines) is 1. The van der Waals surface area contributed by atoms with E-state index >= 15 is 0 Å². The fraction of sp³-hybridized carbons (Fsp3) is 0.625. The molecule has 1 aromatic rings. The zero-order valence-electron chi connectivity index (χ0n) is 12.2. The molecule has 3 N–H and O–H groups in total. The average Bonchev–Trinajstić information content (AvgIpc) is 2.42. The molecule has 0 spiro atoms. The summed E-state index contributed by atoms with van der Waals surface area (Å²) in [5.41, 5.74) is 7.32. The van der Waals surface area contributed by atoms with Gasteiger partial charge in [0.2, 0.25) is 0 Å². The highest BCUT2D eigenvalue weighted by atomic mass is 15.1. The van der Waals surface area contributed by atoms with Crippen molar-refractivity contribution in [1.82, 2.24) is 10.2 Å². The first-order valence-electron chi connectivity index (χ1n) is 7.43. The minimum absolute atomic E-state index is 0.224. The molecule has 0 aliphatic carbocycles. The van der Waals surface area contributed by atoms with Crippen LogP contribution in [0.2, 0.25) is 0 Å². The van der Waals surface area contributed by atoms with Gasteiger partial charge in [0.15, 0.2) is 0 Å². The van der Waals surface area contributed by atoms with E-state index < -0.39 is 0 Å². The minimum atomic E-state index is 0.224. The van der Waals surface area contributed by atoms with Crippen LogP contribution in [0.5, 0.6) is 0 Å². The summed E-state index contributed by atoms with van der Waals surface area (Å²) in [5.74, 6) is 0. The van der Waals surface area contributed by atoms with Gasteiger partial charge in [-0.2, -0.15) is 0 Å². The number of nitrogens with one attached hydrogen (secondary N) is 1. The Balaban J connectivity index is 1.73. The number of piperidine rings is 1. The first kappa shape index (κ1) is 14.5. The normalized spacial score (nSPS) is 21.2. The summed E-state index contributed by atoms with van der Waals surface area (Å²) in [6.07, 6.45) is 2.45. The van der Waals surface area contributed by atoms with E-state index in [4.69, 9.17) is 5.73 Å². The SMILES string of the molecule is CC(N)C(C)NC1CCN(Cc2ccccc2)CC1. The van der Waals surface area contributed by atoms with Crippen LogP contribution < -0.4 is 11.1 Å². The number of hydrogen-bond acceptors (Lipinski definition) is 3. The van der Waals surface area contributed by atoms with Crippen molar-refractivity contribution in [3.8, 4) is 0 Å². The van der Waals surface area contributed by atoms with Crippen LogP contribution in [0.1, 0.15) is 32.3 Å². The molecule has 1 aliphatic heterocycles. The summed E-state index contributed by atoms with van der Waals surface area (Å²) >= 11 is 0. The maximum absolute atomic E-state index is 5.91. The van der Waals surface area contributed by atoms with Crippen LogP contribution >= 0.6 is 0 Å². The van der Waals surface area contributed by atoms with Crippen LogP contribution in [0.3, 0.4) is 0 Å². The molecule has 2 unspecified atom stereocenters. The second-order valence-electron chi connectivity index (χ2n) is 5.85. The van der Waals surface area contributed by atoms with Crippen molar-refractivity contribution in [2.24, 2.45) is 5.73 Å². The van der Waals surface area contributed by atoms with Gasteiger partial charge in [-0.1, -0.05) is 30.3 Å². The van der Waals surface area contributed by atoms with Crippen molar-refractivity contribution >= 4 is 0 Å². The van der Waals surface area contributed by atoms with Crippen molar-refractivity contribution in [3.05, 3.63) is 35.9 Å². The molecule has 0 bridgehead atoms. The lowest BCUT2D eigenvalue weighted by molar-refractivity contribution is 0.183. The van der Waals surface area contributed by atoms with Crippen LogP contribution in [-0.2, 0) is 6.54 Å². The van der Waals surface area contributed by atoms with Gasteiger partial charge in [0, 0.05) is 24.7 Å². The molecule has 1 fully saturated rings. The average molecular weight is 261 g/mol. The fourth-order valence-corrected chi connectivity index (χ4v) is 2.62. The molecule has 106 valence electrons. The van der Waals surface area contributed by atoms with E-state index in [0.717, 1.165) is 6.54 Å². The molecule has 1 aliphatic rings. The van der Waals surface area contributed by atoms with Crippen molar-refractivity contribution in [2.45, 2.75) is 51.4 Å². The Labute approximate surface area is 117 Å². The summed E-state index contributed by atoms with van der Waals surface area (Å²) < 4.78 is 0. The predicted octanol–water partition coefficient (Wildman–Crippen LogP) is 1.98. The Kier molecular flexibility index (Phi) is 5.37. The Bertz CT molecular complexity index is 356. The zero-order valence-corrected chi connectivity index (χ0v) is 12.2. The molecule has 0 amide bonds. The Hall–Kier alpha value is -0.900. The van der Waals surface area contributed by atoms with Gasteiger partial charge >= 0.3 is 0 Å². The summed E-state index contributed by atoms with van der Waals surface area (Å²) in [6.45, 7) is 7.69. The molecular formula is C16H27N3. The molecule has 1 aromatic carbocycles. The van der Waals surface area contributed by atoms with Gasteiger partial charge in [0.25, 0.3) is 0 Å². The third-order valence-electron chi connectivity index (χ3n) is 4.12. The van der Waals surface area contributed by atoms with Gasteiger partial charge in [0.1, 0.15) is 0 Å². The van der Waals surface area contributed by atoms with E-state index in [-0.39, 0.29) is 6.04 Å². The topological polar surface area (TPSA) is 41.3 Å². The van der Waals surface area contributed by atoms with Crippen LogP contribution in [0, 0.1) is 0 Å². The fourth-order valence-electron chi connectivity index (χ4n) is 2.62. The standard InChI is InChI=1S/C16H27N3/c1-13(17)14(2)18-16-8-10-19(11-9-16)12-15-6-4-3-5-7-15/h3-7,13-14,16,18H,8-12,17H2,1-2H3. The summed E-state index contributed by atoms with van der Waals surface area (Å²) in [4.78, 5) is 2.55. The monoisotopic (exact) mass is 261 g/mol. The highest BCUT2D eigenvalue weighted by molar-refractivity contribution is 5.14. The first-order valence-corrected chi connectivity index (χ1v) is 7.43. The van der Waals surface area contributed by atoms with Gasteiger partial charge in [0.05, 0.1) is 0 Å². The molecular weight excluding hydrogens is 234 g/mol. The second-order valence-corrected chi connectivity index (χ2v) is 5.85. The molecule has 2 atom stereocenters. The molecule has 3 nitrogen and oxygen atoms in total. The first-order chi connectivity index (χ1) is 9.15. The van der Waals surface area contributed by atoms with E-state index in [2.05, 4.69) is 54.4 Å². The molecule has 2 rings (SSSR count). The molecule has 1 heterocycles. The van der Waals surface area contributed by atoms with E-state index in [1.54, 1.807) is 0 Å². The van der Waals surface area contributed by atoms with Gasteiger partial charge < -0.3 is 11.1 Å². The van der Waals surface area contributed by atoms with Gasteiger partial charge in [-0.25, -0.2) is 0 Å². The number of nitrogens with zero attached hydrogens (tertiary/aromatic N) is 1. The molecule has 0 aromatic heterocycles. The molecule has 1 saturated heterocycles. The molecule has 0 saturated carbocycles. The predicted molar refractivity (Wildman–Crippen MR) is 81.0 cm³/mol. The minimum Gasteiger partial charge on any atom is -0.327 e. The Morgan fingerprint density at radius 3 is 2.42 bits per heavy atom. The summed E-state index contributed by atoms with van der Waals surface area (Å²) in [6, 6.07) is 12.0. The Morgan fingerprint density at radius 2 is 1.84 bits per heavy atom. The van der Waals surface area contributed by atoms with Crippen LogP contribution in [0.25, 0.3) is 0 Å². The van der Waals surface area contributed by atoms with Crippen molar-refractivity contribution < 1.29 is 0 Å². The van der Waals surface area contributed by atoms with Gasteiger partial charge in [-0.3, -0.25) is 4.90 Å². The van der Waals surface area contributed by atoms with Crippen LogP contribution in [-0.4, -0.2) is 36.1 Å². The lowest BCUT2D eigenvalue weighted by Gasteiger charge is -2.34. The zero-order chi connectivity index (χ0) is 13.7. The molecule has 3 heteroatoms. The van der Waals surface area contributed by atoms with E-state index in [1.807, 2.05) is 0 Å². The Morgan fingerprint density at radius 1 is 1.21 bits per heavy atom. The van der Waals surface area contributed by atoms with E-state index in [9.17, 15) is 0 Å². The van der Waals surface area contributed by atoms with Gasteiger partial charge in [-0.15, -0.1) is 0 Å². The van der Waals surface area contributed by atoms with Crippen molar-refractivity contribution in [2.75, 3.05) is 13.1 Å². The quantitative estimate of drug-likeness (QED) is 0.851. The van der Waals surface area contributed by atoms with Crippen molar-refractivity contribution in [1.29, 1.82) is 0 Å². The van der Waals surface area contributed by atoms with Crippen molar-refractivity contribution in [3.63, 3.8) is 0 Å². The van der Waals surface area contributed by atoms with E-state index in [0.29, 0.717) is 12.1 Å². The smallest absolute Gasteiger partial charge is 0.0233 e. The highest BCUT2D eigenvalue weighted by Gasteiger charge is 2.21. The lowest BCUT2D eigenvalue weighted by atomic mass is 10.0. The summed E-state index contributed by atoms with van der Waals surface area (Å²) in [5, 5.41) is 3.65. The lowest BCUT2D eigenvalue weighted by Crippen LogP contribution is -2.50. The largest absolute Gasteiger partial charge is 0.327 e.